The van der Waals surface area contributed by atoms with Crippen molar-refractivity contribution in [3.63, 3.8) is 0 Å². The van der Waals surface area contributed by atoms with Crippen molar-refractivity contribution in [3.8, 4) is 39.5 Å². The molecule has 0 spiro atoms. The second kappa shape index (κ2) is 21.4. The number of hydrogen-bond donors (Lipinski definition) is 0. The van der Waals surface area contributed by atoms with E-state index in [0.29, 0.717) is 50.3 Å². The van der Waals surface area contributed by atoms with Crippen molar-refractivity contribution in [2.75, 3.05) is 33.0 Å². The van der Waals surface area contributed by atoms with Gasteiger partial charge in [-0.1, -0.05) is 105 Å². The van der Waals surface area contributed by atoms with Crippen molar-refractivity contribution in [2.24, 2.45) is 0 Å². The highest BCUT2D eigenvalue weighted by molar-refractivity contribution is 7.13. The normalized spacial score (nSPS) is 11.7. The van der Waals surface area contributed by atoms with Gasteiger partial charge < -0.3 is 28.1 Å². The number of aromatic nitrogens is 1. The Bertz CT molecular complexity index is 2070. The molecular weight excluding hydrogens is 719 g/mol. The van der Waals surface area contributed by atoms with E-state index in [9.17, 15) is 0 Å². The lowest BCUT2D eigenvalue weighted by Gasteiger charge is -2.20. The van der Waals surface area contributed by atoms with Crippen LogP contribution in [0.4, 0.5) is 0 Å². The molecule has 0 aliphatic carbocycles. The predicted octanol–water partition coefficient (Wildman–Crippen LogP) is 14.9. The van der Waals surface area contributed by atoms with Crippen LogP contribution in [-0.2, 0) is 0 Å². The van der Waals surface area contributed by atoms with Crippen molar-refractivity contribution in [3.05, 3.63) is 47.8 Å². The van der Waals surface area contributed by atoms with Crippen LogP contribution in [0.3, 0.4) is 0 Å². The van der Waals surface area contributed by atoms with Gasteiger partial charge in [0.25, 0.3) is 0 Å². The van der Waals surface area contributed by atoms with E-state index < -0.39 is 0 Å². The van der Waals surface area contributed by atoms with Crippen LogP contribution in [0.2, 0.25) is 0 Å². The molecular formula is C48H63NO6S. The summed E-state index contributed by atoms with van der Waals surface area (Å²) >= 11 is 1.62. The predicted molar refractivity (Wildman–Crippen MR) is 235 cm³/mol. The Balaban J connectivity index is 1.65. The van der Waals surface area contributed by atoms with Gasteiger partial charge >= 0.3 is 0 Å². The molecule has 6 aromatic rings. The largest absolute Gasteiger partial charge is 0.490 e. The van der Waals surface area contributed by atoms with Crippen molar-refractivity contribution >= 4 is 54.8 Å². The summed E-state index contributed by atoms with van der Waals surface area (Å²) < 4.78 is 39.6. The van der Waals surface area contributed by atoms with Crippen LogP contribution >= 0.6 is 11.3 Å². The summed E-state index contributed by atoms with van der Waals surface area (Å²) in [5.41, 5.74) is 1.44. The molecule has 2 heterocycles. The number of thiophene rings is 1. The van der Waals surface area contributed by atoms with E-state index >= 15 is 0 Å². The maximum absolute atomic E-state index is 6.65. The average molecular weight is 782 g/mol. The van der Waals surface area contributed by atoms with Crippen LogP contribution in [0, 0.1) is 0 Å². The minimum absolute atomic E-state index is 0.594. The van der Waals surface area contributed by atoms with Gasteiger partial charge in [0.15, 0.2) is 34.3 Å². The first kappa shape index (κ1) is 41.5. The minimum Gasteiger partial charge on any atom is -0.490 e. The molecule has 0 aliphatic heterocycles. The Morgan fingerprint density at radius 3 is 1.25 bits per heavy atom. The number of unbranched alkanes of at least 4 members (excludes halogenated alkanes) is 10. The van der Waals surface area contributed by atoms with Crippen LogP contribution in [0.15, 0.2) is 52.3 Å². The van der Waals surface area contributed by atoms with E-state index in [1.165, 1.54) is 0 Å². The van der Waals surface area contributed by atoms with Gasteiger partial charge in [-0.15, -0.1) is 11.3 Å². The maximum atomic E-state index is 6.65. The zero-order valence-corrected chi connectivity index (χ0v) is 35.4. The molecule has 8 heteroatoms. The summed E-state index contributed by atoms with van der Waals surface area (Å²) in [7, 11) is 0. The van der Waals surface area contributed by atoms with Crippen molar-refractivity contribution in [1.82, 2.24) is 4.98 Å². The number of oxazole rings is 1. The third-order valence-electron chi connectivity index (χ3n) is 10.4. The molecule has 0 N–H and O–H groups in total. The fourth-order valence-electron chi connectivity index (χ4n) is 7.27. The summed E-state index contributed by atoms with van der Waals surface area (Å²) in [4.78, 5) is 6.24. The Morgan fingerprint density at radius 2 is 0.857 bits per heavy atom. The quantitative estimate of drug-likeness (QED) is 0.0401. The number of nitrogens with zero attached hydrogens (tertiary/aromatic N) is 1. The highest BCUT2D eigenvalue weighted by Crippen LogP contribution is 2.49. The molecule has 6 rings (SSSR count). The van der Waals surface area contributed by atoms with Gasteiger partial charge in [0.05, 0.1) is 37.9 Å². The van der Waals surface area contributed by atoms with Crippen molar-refractivity contribution in [2.45, 2.75) is 131 Å². The summed E-state index contributed by atoms with van der Waals surface area (Å²) in [6.45, 7) is 14.2. The standard InChI is InChI=1S/C48H63NO6S/c1-6-11-16-23-50-39-29-34-35-30-41(52-25-18-13-8-3)42(53-26-19-14-9-4)32-37(35)45-38(36(34)31-40(39)51-24-17-12-7-2)33-43(54-27-20-15-10-5)47-46(45)49-48(55-47)44-22-21-28-56-44/h21-22,28-33H,6-20,23-27H2,1-5H3. The van der Waals surface area contributed by atoms with Gasteiger partial charge in [-0.05, 0) is 101 Å². The van der Waals surface area contributed by atoms with Crippen LogP contribution < -0.4 is 23.7 Å². The Labute approximate surface area is 338 Å². The van der Waals surface area contributed by atoms with Crippen LogP contribution in [0.1, 0.15) is 131 Å². The third-order valence-corrected chi connectivity index (χ3v) is 11.3. The van der Waals surface area contributed by atoms with Crippen LogP contribution in [0.25, 0.3) is 54.2 Å². The molecule has 0 bridgehead atoms. The summed E-state index contributed by atoms with van der Waals surface area (Å²) in [6.07, 6.45) is 16.1. The number of ether oxygens (including phenoxy) is 5. The number of fused-ring (bicyclic) bond motifs is 8. The van der Waals surface area contributed by atoms with Gasteiger partial charge in [-0.2, -0.15) is 0 Å². The minimum atomic E-state index is 0.594. The Morgan fingerprint density at radius 1 is 0.482 bits per heavy atom. The molecule has 0 saturated carbocycles. The van der Waals surface area contributed by atoms with Crippen LogP contribution in [0.5, 0.6) is 28.7 Å². The summed E-state index contributed by atoms with van der Waals surface area (Å²) in [5.74, 6) is 4.36. The molecule has 302 valence electrons. The van der Waals surface area contributed by atoms with E-state index in [4.69, 9.17) is 33.1 Å². The number of rotatable bonds is 26. The van der Waals surface area contributed by atoms with Crippen LogP contribution in [-0.4, -0.2) is 38.0 Å². The van der Waals surface area contributed by atoms with E-state index in [1.807, 2.05) is 6.07 Å². The molecule has 0 fully saturated rings. The van der Waals surface area contributed by atoms with E-state index in [2.05, 4.69) is 76.4 Å². The smallest absolute Gasteiger partial charge is 0.237 e. The number of benzene rings is 4. The first-order chi connectivity index (χ1) is 27.6. The molecule has 0 unspecified atom stereocenters. The zero-order chi connectivity index (χ0) is 39.1. The van der Waals surface area contributed by atoms with Crippen molar-refractivity contribution < 1.29 is 28.1 Å². The Hall–Kier alpha value is -4.17. The van der Waals surface area contributed by atoms with E-state index in [-0.39, 0.29) is 0 Å². The molecule has 0 radical (unpaired) electrons. The lowest BCUT2D eigenvalue weighted by atomic mass is 9.92. The molecule has 0 atom stereocenters. The second-order valence-corrected chi connectivity index (χ2v) is 15.9. The molecule has 2 aromatic heterocycles. The molecule has 7 nitrogen and oxygen atoms in total. The molecule has 0 amide bonds. The summed E-state index contributed by atoms with van der Waals surface area (Å²) in [5, 5.41) is 8.28. The van der Waals surface area contributed by atoms with Gasteiger partial charge in [0, 0.05) is 5.39 Å². The van der Waals surface area contributed by atoms with E-state index in [0.717, 1.165) is 162 Å². The average Bonchev–Trinajstić information content (AvgIpc) is 3.92. The Kier molecular flexibility index (Phi) is 15.8. The third kappa shape index (κ3) is 10.0. The molecule has 0 saturated heterocycles. The lowest BCUT2D eigenvalue weighted by molar-refractivity contribution is 0.260. The fraction of sp³-hybridized carbons (Fsp3) is 0.521. The first-order valence-corrected chi connectivity index (χ1v) is 22.5. The second-order valence-electron chi connectivity index (χ2n) is 14.9. The highest BCUT2D eigenvalue weighted by Gasteiger charge is 2.24. The SMILES string of the molecule is CCCCCOc1cc2c3cc(OCCCCC)c(OCCCCC)cc3c3c(cc(OCCCCC)c4oc(-c5cccs5)nc43)c2cc1OCCCCC. The monoisotopic (exact) mass is 781 g/mol. The fourth-order valence-corrected chi connectivity index (χ4v) is 7.92. The molecule has 0 aliphatic rings. The zero-order valence-electron chi connectivity index (χ0n) is 34.6. The lowest BCUT2D eigenvalue weighted by Crippen LogP contribution is -2.04. The topological polar surface area (TPSA) is 72.2 Å². The van der Waals surface area contributed by atoms with E-state index in [1.54, 1.807) is 11.3 Å². The first-order valence-electron chi connectivity index (χ1n) is 21.6. The molecule has 4 aromatic carbocycles. The molecule has 56 heavy (non-hydrogen) atoms. The highest BCUT2D eigenvalue weighted by atomic mass is 32.1. The maximum Gasteiger partial charge on any atom is 0.237 e. The summed E-state index contributed by atoms with van der Waals surface area (Å²) in [6, 6.07) is 15.0. The van der Waals surface area contributed by atoms with Gasteiger partial charge in [0.2, 0.25) is 5.89 Å². The van der Waals surface area contributed by atoms with Gasteiger partial charge in [-0.3, -0.25) is 0 Å². The van der Waals surface area contributed by atoms with Gasteiger partial charge in [-0.25, -0.2) is 4.98 Å². The van der Waals surface area contributed by atoms with Gasteiger partial charge in [0.1, 0.15) is 5.52 Å². The van der Waals surface area contributed by atoms with Crippen molar-refractivity contribution in [1.29, 1.82) is 0 Å². The number of hydrogen-bond acceptors (Lipinski definition) is 8.